The van der Waals surface area contributed by atoms with E-state index in [4.69, 9.17) is 4.74 Å². The molecule has 1 aliphatic carbocycles. The molecule has 7 nitrogen and oxygen atoms in total. The molecule has 2 saturated heterocycles. The summed E-state index contributed by atoms with van der Waals surface area (Å²) in [5, 5.41) is 0. The number of imide groups is 1. The summed E-state index contributed by atoms with van der Waals surface area (Å²) in [5.74, 6) is -0.721. The average molecular weight is 553 g/mol. The van der Waals surface area contributed by atoms with Crippen molar-refractivity contribution < 1.29 is 19.1 Å². The molecule has 3 amide bonds. The number of hydrogen-bond acceptors (Lipinski definition) is 5. The Bertz CT molecular complexity index is 894. The first-order valence-corrected chi connectivity index (χ1v) is 12.4. The Labute approximate surface area is 203 Å². The van der Waals surface area contributed by atoms with Gasteiger partial charge in [-0.1, -0.05) is 27.7 Å². The van der Waals surface area contributed by atoms with Crippen LogP contribution in [0, 0.1) is 20.3 Å². The quantitative estimate of drug-likeness (QED) is 0.401. The largest absolute Gasteiger partial charge is 0.379 e. The maximum atomic E-state index is 13.7. The van der Waals surface area contributed by atoms with E-state index in [1.54, 1.807) is 17.0 Å². The summed E-state index contributed by atoms with van der Waals surface area (Å²) in [6.07, 6.45) is 0.0350. The van der Waals surface area contributed by atoms with Gasteiger partial charge >= 0.3 is 0 Å². The topological polar surface area (TPSA) is 70.2 Å². The number of anilines is 1. The number of ether oxygens (including phenoxy) is 1. The molecule has 0 spiro atoms. The van der Waals surface area contributed by atoms with E-state index >= 15 is 0 Å². The van der Waals surface area contributed by atoms with Crippen LogP contribution in [0.3, 0.4) is 0 Å². The van der Waals surface area contributed by atoms with E-state index in [9.17, 15) is 14.4 Å². The summed E-state index contributed by atoms with van der Waals surface area (Å²) in [4.78, 5) is 45.3. The van der Waals surface area contributed by atoms with Gasteiger partial charge < -0.3 is 9.64 Å². The minimum absolute atomic E-state index is 0.0103. The van der Waals surface area contributed by atoms with Crippen LogP contribution in [0.4, 0.5) is 5.69 Å². The normalized spacial score (nSPS) is 25.3. The summed E-state index contributed by atoms with van der Waals surface area (Å²) in [5.41, 5.74) is 0.293. The molecule has 0 bridgehead atoms. The van der Waals surface area contributed by atoms with Crippen molar-refractivity contribution in [2.24, 2.45) is 16.7 Å². The highest BCUT2D eigenvalue weighted by Gasteiger charge is 2.69. The van der Waals surface area contributed by atoms with E-state index in [1.165, 1.54) is 4.90 Å². The Morgan fingerprint density at radius 2 is 1.69 bits per heavy atom. The summed E-state index contributed by atoms with van der Waals surface area (Å²) < 4.78 is 6.46. The molecule has 1 saturated carbocycles. The minimum atomic E-state index is -0.748. The lowest BCUT2D eigenvalue weighted by molar-refractivity contribution is -0.140. The Morgan fingerprint density at radius 1 is 1.09 bits per heavy atom. The number of carbonyl (C=O) groups is 3. The van der Waals surface area contributed by atoms with Crippen LogP contribution in [-0.4, -0.2) is 73.0 Å². The molecule has 2 heterocycles. The second kappa shape index (κ2) is 8.68. The molecule has 3 aliphatic rings. The molecule has 3 fully saturated rings. The van der Waals surface area contributed by atoms with Gasteiger partial charge in [-0.05, 0) is 57.7 Å². The van der Waals surface area contributed by atoms with Crippen LogP contribution in [0.15, 0.2) is 24.3 Å². The molecule has 1 unspecified atom stereocenters. The van der Waals surface area contributed by atoms with Crippen LogP contribution in [0.1, 0.15) is 34.1 Å². The first-order valence-electron chi connectivity index (χ1n) is 11.3. The Kier molecular flexibility index (Phi) is 6.41. The van der Waals surface area contributed by atoms with Gasteiger partial charge in [-0.25, -0.2) is 4.90 Å². The molecule has 0 N–H and O–H groups in total. The van der Waals surface area contributed by atoms with Crippen molar-refractivity contribution in [1.82, 2.24) is 9.80 Å². The lowest BCUT2D eigenvalue weighted by atomic mass is 10.0. The lowest BCUT2D eigenvalue weighted by Gasteiger charge is -2.33. The molecule has 1 aromatic carbocycles. The van der Waals surface area contributed by atoms with Gasteiger partial charge in [0.05, 0.1) is 25.3 Å². The smallest absolute Gasteiger partial charge is 0.257 e. The highest BCUT2D eigenvalue weighted by Crippen LogP contribution is 2.69. The average Bonchev–Trinajstić information content (AvgIpc) is 2.98. The highest BCUT2D eigenvalue weighted by molar-refractivity contribution is 14.1. The molecule has 2 aliphatic heterocycles. The third-order valence-corrected chi connectivity index (χ3v) is 8.61. The van der Waals surface area contributed by atoms with Crippen molar-refractivity contribution in [3.8, 4) is 0 Å². The zero-order valence-electron chi connectivity index (χ0n) is 19.3. The van der Waals surface area contributed by atoms with Gasteiger partial charge in [0.2, 0.25) is 11.8 Å². The van der Waals surface area contributed by atoms with Crippen LogP contribution in [-0.2, 0) is 19.1 Å². The molecule has 1 atom stereocenters. The molecule has 4 rings (SSSR count). The van der Waals surface area contributed by atoms with Crippen molar-refractivity contribution in [2.75, 3.05) is 44.3 Å². The zero-order valence-corrected chi connectivity index (χ0v) is 21.4. The van der Waals surface area contributed by atoms with E-state index in [-0.39, 0.29) is 40.9 Å². The molecule has 0 radical (unpaired) electrons. The second-order valence-electron chi connectivity index (χ2n) is 10.1. The van der Waals surface area contributed by atoms with E-state index < -0.39 is 6.04 Å². The van der Waals surface area contributed by atoms with Crippen LogP contribution in [0.5, 0.6) is 0 Å². The zero-order chi connectivity index (χ0) is 23.3. The predicted octanol–water partition coefficient (Wildman–Crippen LogP) is 2.77. The van der Waals surface area contributed by atoms with E-state index in [0.717, 1.165) is 16.7 Å². The molecule has 32 heavy (non-hydrogen) atoms. The molecular formula is C24H32IN3O4. The number of morpholine rings is 1. The fraction of sp³-hybridized carbons (Fsp3) is 0.625. The second-order valence-corrected chi connectivity index (χ2v) is 11.4. The van der Waals surface area contributed by atoms with Gasteiger partial charge in [0.15, 0.2) is 0 Å². The monoisotopic (exact) mass is 553 g/mol. The van der Waals surface area contributed by atoms with E-state index in [0.29, 0.717) is 32.0 Å². The van der Waals surface area contributed by atoms with Crippen molar-refractivity contribution in [2.45, 2.75) is 40.2 Å². The third kappa shape index (κ3) is 4.09. The number of carbonyl (C=O) groups excluding carboxylic acids is 3. The fourth-order valence-electron chi connectivity index (χ4n) is 5.19. The first-order chi connectivity index (χ1) is 15.1. The number of benzene rings is 1. The summed E-state index contributed by atoms with van der Waals surface area (Å²) in [6, 6.07) is 6.57. The summed E-state index contributed by atoms with van der Waals surface area (Å²) in [6.45, 7) is 12.5. The number of hydrogen-bond donors (Lipinski definition) is 0. The maximum Gasteiger partial charge on any atom is 0.257 e. The van der Waals surface area contributed by atoms with Gasteiger partial charge in [0.25, 0.3) is 5.91 Å². The first kappa shape index (κ1) is 23.6. The predicted molar refractivity (Wildman–Crippen MR) is 130 cm³/mol. The standard InChI is InChI=1S/C24H32IN3O4/c1-23(2)20(24(23,3)4)22(31)27(10-9-26-11-13-32-14-12-26)18-15-19(29)28(21(18)30)17-7-5-16(25)6-8-17/h5-8,18,20H,9-15H2,1-4H3. The van der Waals surface area contributed by atoms with Crippen LogP contribution < -0.4 is 4.90 Å². The van der Waals surface area contributed by atoms with Gasteiger partial charge in [-0.15, -0.1) is 0 Å². The molecule has 1 aromatic rings. The van der Waals surface area contributed by atoms with Crippen molar-refractivity contribution in [3.05, 3.63) is 27.8 Å². The highest BCUT2D eigenvalue weighted by atomic mass is 127. The fourth-order valence-corrected chi connectivity index (χ4v) is 5.55. The van der Waals surface area contributed by atoms with Gasteiger partial charge in [-0.2, -0.15) is 0 Å². The third-order valence-electron chi connectivity index (χ3n) is 7.90. The van der Waals surface area contributed by atoms with Crippen LogP contribution in [0.2, 0.25) is 0 Å². The molecule has 0 aromatic heterocycles. The number of amides is 3. The van der Waals surface area contributed by atoms with E-state index in [2.05, 4.69) is 55.2 Å². The van der Waals surface area contributed by atoms with Crippen LogP contribution >= 0.6 is 22.6 Å². The van der Waals surface area contributed by atoms with Crippen molar-refractivity contribution in [1.29, 1.82) is 0 Å². The summed E-state index contributed by atoms with van der Waals surface area (Å²) >= 11 is 2.19. The molecular weight excluding hydrogens is 521 g/mol. The molecule has 174 valence electrons. The Balaban J connectivity index is 1.57. The number of nitrogens with zero attached hydrogens (tertiary/aromatic N) is 3. The SMILES string of the molecule is CC1(C)C(C(=O)N(CCN2CCOCC2)C2CC(=O)N(c3ccc(I)cc3)C2=O)C1(C)C. The van der Waals surface area contributed by atoms with E-state index in [1.807, 2.05) is 12.1 Å². The van der Waals surface area contributed by atoms with Gasteiger partial charge in [0.1, 0.15) is 6.04 Å². The minimum Gasteiger partial charge on any atom is -0.379 e. The summed E-state index contributed by atoms with van der Waals surface area (Å²) in [7, 11) is 0. The number of halogens is 1. The van der Waals surface area contributed by atoms with Crippen molar-refractivity contribution in [3.63, 3.8) is 0 Å². The lowest BCUT2D eigenvalue weighted by Crippen LogP contribution is -2.50. The Morgan fingerprint density at radius 3 is 2.25 bits per heavy atom. The maximum absolute atomic E-state index is 13.7. The van der Waals surface area contributed by atoms with Crippen LogP contribution in [0.25, 0.3) is 0 Å². The molecule has 8 heteroatoms. The van der Waals surface area contributed by atoms with Crippen molar-refractivity contribution >= 4 is 46.0 Å². The number of rotatable bonds is 6. The van der Waals surface area contributed by atoms with Gasteiger partial charge in [0, 0.05) is 35.7 Å². The van der Waals surface area contributed by atoms with Gasteiger partial charge in [-0.3, -0.25) is 19.3 Å². The Hall–Kier alpha value is -1.52.